The Balaban J connectivity index is 2.21. The largest absolute Gasteiger partial charge is 0.474 e. The summed E-state index contributed by atoms with van der Waals surface area (Å²) in [6.45, 7) is 1.89. The fourth-order valence-corrected chi connectivity index (χ4v) is 2.21. The minimum atomic E-state index is 0.0355. The van der Waals surface area contributed by atoms with Crippen LogP contribution in [0.5, 0.6) is 5.88 Å². The van der Waals surface area contributed by atoms with E-state index >= 15 is 0 Å². The van der Waals surface area contributed by atoms with Crippen molar-refractivity contribution in [3.05, 3.63) is 23.4 Å². The van der Waals surface area contributed by atoms with E-state index in [-0.39, 0.29) is 11.9 Å². The first-order valence-corrected chi connectivity index (χ1v) is 6.33. The fourth-order valence-electron chi connectivity index (χ4n) is 2.21. The van der Waals surface area contributed by atoms with Gasteiger partial charge in [0, 0.05) is 5.69 Å². The lowest BCUT2D eigenvalue weighted by Gasteiger charge is -2.23. The Morgan fingerprint density at radius 1 is 1.39 bits per heavy atom. The highest BCUT2D eigenvalue weighted by Crippen LogP contribution is 2.24. The lowest BCUT2D eigenvalue weighted by Crippen LogP contribution is -2.23. The van der Waals surface area contributed by atoms with Gasteiger partial charge in [-0.2, -0.15) is 0 Å². The molecule has 0 aliphatic heterocycles. The zero-order valence-corrected chi connectivity index (χ0v) is 10.6. The number of amidine groups is 1. The molecular formula is C13H19N3O2. The summed E-state index contributed by atoms with van der Waals surface area (Å²) >= 11 is 0. The molecule has 1 fully saturated rings. The number of pyridine rings is 1. The highest BCUT2D eigenvalue weighted by molar-refractivity contribution is 5.99. The number of aromatic nitrogens is 1. The zero-order chi connectivity index (χ0) is 13.0. The molecule has 1 aliphatic carbocycles. The maximum atomic E-state index is 8.77. The molecule has 0 unspecified atom stereocenters. The molecule has 1 aromatic rings. The Hall–Kier alpha value is -1.78. The Bertz CT molecular complexity index is 440. The number of hydrogen-bond donors (Lipinski definition) is 2. The molecule has 3 N–H and O–H groups in total. The predicted molar refractivity (Wildman–Crippen MR) is 69.0 cm³/mol. The summed E-state index contributed by atoms with van der Waals surface area (Å²) in [5.41, 5.74) is 7.04. The number of ether oxygens (including phenoxy) is 1. The van der Waals surface area contributed by atoms with Crippen LogP contribution in [0.15, 0.2) is 17.3 Å². The van der Waals surface area contributed by atoms with E-state index < -0.39 is 0 Å². The van der Waals surface area contributed by atoms with E-state index in [1.807, 2.05) is 13.0 Å². The first-order valence-electron chi connectivity index (χ1n) is 6.33. The molecule has 1 heterocycles. The first-order chi connectivity index (χ1) is 8.70. The summed E-state index contributed by atoms with van der Waals surface area (Å²) in [5, 5.41) is 11.8. The average Bonchev–Trinajstić information content (AvgIpc) is 2.39. The van der Waals surface area contributed by atoms with Gasteiger partial charge in [0.25, 0.3) is 0 Å². The number of hydrogen-bond acceptors (Lipinski definition) is 4. The third-order valence-electron chi connectivity index (χ3n) is 3.21. The van der Waals surface area contributed by atoms with Crippen molar-refractivity contribution in [2.45, 2.75) is 45.1 Å². The van der Waals surface area contributed by atoms with Crippen LogP contribution in [-0.4, -0.2) is 22.1 Å². The molecule has 5 heteroatoms. The number of rotatable bonds is 3. The third-order valence-corrected chi connectivity index (χ3v) is 3.21. The molecule has 0 amide bonds. The normalized spacial score (nSPS) is 17.7. The van der Waals surface area contributed by atoms with Crippen LogP contribution >= 0.6 is 0 Å². The van der Waals surface area contributed by atoms with Gasteiger partial charge < -0.3 is 15.7 Å². The second-order valence-electron chi connectivity index (χ2n) is 4.67. The van der Waals surface area contributed by atoms with E-state index in [1.54, 1.807) is 6.07 Å². The lowest BCUT2D eigenvalue weighted by molar-refractivity contribution is 0.148. The smallest absolute Gasteiger partial charge is 0.225 e. The summed E-state index contributed by atoms with van der Waals surface area (Å²) in [4.78, 5) is 4.34. The number of oxime groups is 1. The Morgan fingerprint density at radius 2 is 2.11 bits per heavy atom. The van der Waals surface area contributed by atoms with Gasteiger partial charge in [-0.1, -0.05) is 11.6 Å². The van der Waals surface area contributed by atoms with Gasteiger partial charge in [0.05, 0.1) is 5.56 Å². The van der Waals surface area contributed by atoms with Crippen molar-refractivity contribution in [2.75, 3.05) is 0 Å². The molecule has 0 spiro atoms. The monoisotopic (exact) mass is 249 g/mol. The van der Waals surface area contributed by atoms with Crippen molar-refractivity contribution in [1.29, 1.82) is 0 Å². The summed E-state index contributed by atoms with van der Waals surface area (Å²) in [6, 6.07) is 3.59. The van der Waals surface area contributed by atoms with Gasteiger partial charge in [-0.05, 0) is 44.7 Å². The van der Waals surface area contributed by atoms with Gasteiger partial charge in [0.2, 0.25) is 5.88 Å². The second kappa shape index (κ2) is 5.71. The van der Waals surface area contributed by atoms with Crippen LogP contribution in [-0.2, 0) is 0 Å². The summed E-state index contributed by atoms with van der Waals surface area (Å²) in [5.74, 6) is 0.505. The van der Waals surface area contributed by atoms with E-state index in [0.29, 0.717) is 11.4 Å². The summed E-state index contributed by atoms with van der Waals surface area (Å²) < 4.78 is 5.91. The van der Waals surface area contributed by atoms with Crippen molar-refractivity contribution < 1.29 is 9.94 Å². The van der Waals surface area contributed by atoms with Gasteiger partial charge in [0.1, 0.15) is 6.10 Å². The number of aryl methyl sites for hydroxylation is 1. The highest BCUT2D eigenvalue weighted by atomic mass is 16.5. The van der Waals surface area contributed by atoms with E-state index in [9.17, 15) is 0 Å². The van der Waals surface area contributed by atoms with E-state index in [0.717, 1.165) is 18.5 Å². The predicted octanol–water partition coefficient (Wildman–Crippen LogP) is 2.20. The maximum absolute atomic E-state index is 8.77. The molecule has 0 atom stereocenters. The molecule has 1 aromatic heterocycles. The quantitative estimate of drug-likeness (QED) is 0.372. The van der Waals surface area contributed by atoms with Crippen molar-refractivity contribution >= 4 is 5.84 Å². The SMILES string of the molecule is Cc1ccc(C(N)=NO)c(OC2CCCCC2)n1. The molecule has 98 valence electrons. The molecule has 0 aromatic carbocycles. The fraction of sp³-hybridized carbons (Fsp3) is 0.538. The highest BCUT2D eigenvalue weighted by Gasteiger charge is 2.18. The molecule has 2 rings (SSSR count). The van der Waals surface area contributed by atoms with Crippen LogP contribution in [0.4, 0.5) is 0 Å². The lowest BCUT2D eigenvalue weighted by atomic mass is 9.98. The van der Waals surface area contributed by atoms with E-state index in [1.165, 1.54) is 19.3 Å². The number of nitrogens with two attached hydrogens (primary N) is 1. The average molecular weight is 249 g/mol. The molecule has 1 saturated carbocycles. The topological polar surface area (TPSA) is 80.7 Å². The van der Waals surface area contributed by atoms with Crippen LogP contribution < -0.4 is 10.5 Å². The van der Waals surface area contributed by atoms with Gasteiger partial charge in [-0.3, -0.25) is 0 Å². The van der Waals surface area contributed by atoms with Crippen LogP contribution in [0, 0.1) is 6.92 Å². The Morgan fingerprint density at radius 3 is 2.78 bits per heavy atom. The maximum Gasteiger partial charge on any atom is 0.225 e. The Kier molecular flexibility index (Phi) is 4.02. The molecular weight excluding hydrogens is 230 g/mol. The van der Waals surface area contributed by atoms with Crippen molar-refractivity contribution in [1.82, 2.24) is 4.98 Å². The van der Waals surface area contributed by atoms with Gasteiger partial charge in [-0.25, -0.2) is 4.98 Å². The van der Waals surface area contributed by atoms with Crippen molar-refractivity contribution in [3.8, 4) is 5.88 Å². The van der Waals surface area contributed by atoms with Crippen molar-refractivity contribution in [3.63, 3.8) is 0 Å². The Labute approximate surface area is 107 Å². The van der Waals surface area contributed by atoms with Crippen LogP contribution in [0.25, 0.3) is 0 Å². The molecule has 18 heavy (non-hydrogen) atoms. The second-order valence-corrected chi connectivity index (χ2v) is 4.67. The first kappa shape index (κ1) is 12.7. The van der Waals surface area contributed by atoms with E-state index in [2.05, 4.69) is 10.1 Å². The van der Waals surface area contributed by atoms with E-state index in [4.69, 9.17) is 15.7 Å². The zero-order valence-electron chi connectivity index (χ0n) is 10.6. The van der Waals surface area contributed by atoms with Crippen LogP contribution in [0.1, 0.15) is 43.4 Å². The molecule has 0 saturated heterocycles. The molecule has 0 bridgehead atoms. The molecule has 0 radical (unpaired) electrons. The van der Waals surface area contributed by atoms with Crippen molar-refractivity contribution in [2.24, 2.45) is 10.9 Å². The van der Waals surface area contributed by atoms with Gasteiger partial charge in [0.15, 0.2) is 5.84 Å². The summed E-state index contributed by atoms with van der Waals surface area (Å²) in [6.07, 6.45) is 5.94. The third kappa shape index (κ3) is 2.91. The summed E-state index contributed by atoms with van der Waals surface area (Å²) in [7, 11) is 0. The van der Waals surface area contributed by atoms with Gasteiger partial charge >= 0.3 is 0 Å². The van der Waals surface area contributed by atoms with Crippen LogP contribution in [0.2, 0.25) is 0 Å². The van der Waals surface area contributed by atoms with Crippen LogP contribution in [0.3, 0.4) is 0 Å². The number of nitrogens with zero attached hydrogens (tertiary/aromatic N) is 2. The minimum absolute atomic E-state index is 0.0355. The van der Waals surface area contributed by atoms with Gasteiger partial charge in [-0.15, -0.1) is 0 Å². The standard InChI is InChI=1S/C13H19N3O2/c1-9-7-8-11(12(14)16-17)13(15-9)18-10-5-3-2-4-6-10/h7-8,10,17H,2-6H2,1H3,(H2,14,16). The minimum Gasteiger partial charge on any atom is -0.474 e. The molecule has 5 nitrogen and oxygen atoms in total. The molecule has 1 aliphatic rings.